The number of aromatic nitrogens is 1. The van der Waals surface area contributed by atoms with Gasteiger partial charge in [0.1, 0.15) is 0 Å². The fourth-order valence-corrected chi connectivity index (χ4v) is 5.08. The Bertz CT molecular complexity index is 1010. The molecule has 0 spiro atoms. The largest absolute Gasteiger partial charge is 0.393 e. The van der Waals surface area contributed by atoms with Crippen LogP contribution in [0.15, 0.2) is 54.7 Å². The number of hydrogen-bond donors (Lipinski definition) is 2. The molecule has 1 radical (unpaired) electrons. The number of hydrogen-bond acceptors (Lipinski definition) is 3. The van der Waals surface area contributed by atoms with E-state index in [9.17, 15) is 10.2 Å². The van der Waals surface area contributed by atoms with Gasteiger partial charge < -0.3 is 15.2 Å². The maximum Gasteiger partial charge on any atom is 0.0595 e. The minimum absolute atomic E-state index is 0. The third kappa shape index (κ3) is 5.66. The maximum atomic E-state index is 9.59. The molecule has 32 heavy (non-hydrogen) atoms. The minimum Gasteiger partial charge on any atom is -0.393 e. The predicted octanol–water partition coefficient (Wildman–Crippen LogP) is 5.92. The third-order valence-corrected chi connectivity index (χ3v) is 6.91. The SMILES string of the molecule is CC(C)(C)c1ccc2cc(-c3[c-]cccc3)ncc2c1.OC1CCCC2CCC(O)C12.[Ir]. The van der Waals surface area contributed by atoms with Gasteiger partial charge in [0.15, 0.2) is 0 Å². The first-order valence-corrected chi connectivity index (χ1v) is 11.6. The van der Waals surface area contributed by atoms with Crippen molar-refractivity contribution in [2.75, 3.05) is 0 Å². The topological polar surface area (TPSA) is 53.4 Å². The maximum absolute atomic E-state index is 9.59. The van der Waals surface area contributed by atoms with Crippen LogP contribution in [0.5, 0.6) is 0 Å². The summed E-state index contributed by atoms with van der Waals surface area (Å²) in [6, 6.07) is 19.9. The van der Waals surface area contributed by atoms with Crippen LogP contribution in [-0.2, 0) is 25.5 Å². The van der Waals surface area contributed by atoms with Crippen molar-refractivity contribution in [2.45, 2.75) is 70.5 Å². The molecule has 2 aromatic carbocycles. The summed E-state index contributed by atoms with van der Waals surface area (Å²) in [5, 5.41) is 21.5. The number of benzene rings is 2. The molecular weight excluding hydrogens is 575 g/mol. The number of rotatable bonds is 1. The molecule has 173 valence electrons. The van der Waals surface area contributed by atoms with Gasteiger partial charge in [-0.15, -0.1) is 35.9 Å². The summed E-state index contributed by atoms with van der Waals surface area (Å²) < 4.78 is 0. The van der Waals surface area contributed by atoms with Crippen LogP contribution in [0.4, 0.5) is 0 Å². The van der Waals surface area contributed by atoms with Gasteiger partial charge in [-0.3, -0.25) is 0 Å². The molecule has 2 N–H and O–H groups in total. The second-order valence-corrected chi connectivity index (χ2v) is 10.1. The molecule has 3 aromatic rings. The molecular formula is C28H34IrNO2-. The summed E-state index contributed by atoms with van der Waals surface area (Å²) in [5.41, 5.74) is 3.52. The zero-order chi connectivity index (χ0) is 22.0. The first-order valence-electron chi connectivity index (χ1n) is 11.6. The first-order chi connectivity index (χ1) is 14.8. The van der Waals surface area contributed by atoms with Crippen molar-refractivity contribution in [3.8, 4) is 11.3 Å². The van der Waals surface area contributed by atoms with Gasteiger partial charge in [0.05, 0.1) is 12.2 Å². The summed E-state index contributed by atoms with van der Waals surface area (Å²) in [4.78, 5) is 4.57. The summed E-state index contributed by atoms with van der Waals surface area (Å²) in [7, 11) is 0. The molecule has 5 rings (SSSR count). The van der Waals surface area contributed by atoms with Crippen molar-refractivity contribution in [2.24, 2.45) is 11.8 Å². The van der Waals surface area contributed by atoms with Gasteiger partial charge in [0, 0.05) is 32.2 Å². The van der Waals surface area contributed by atoms with Crippen LogP contribution in [0.3, 0.4) is 0 Å². The fourth-order valence-electron chi connectivity index (χ4n) is 5.08. The van der Waals surface area contributed by atoms with Crippen molar-refractivity contribution in [3.05, 3.63) is 66.4 Å². The molecule has 4 atom stereocenters. The Labute approximate surface area is 205 Å². The Kier molecular flexibility index (Phi) is 8.27. The molecule has 4 unspecified atom stereocenters. The average Bonchev–Trinajstić information content (AvgIpc) is 3.15. The van der Waals surface area contributed by atoms with Gasteiger partial charge in [0.25, 0.3) is 0 Å². The Morgan fingerprint density at radius 2 is 1.69 bits per heavy atom. The summed E-state index contributed by atoms with van der Waals surface area (Å²) >= 11 is 0. The molecule has 2 fully saturated rings. The van der Waals surface area contributed by atoms with Crippen molar-refractivity contribution >= 4 is 10.8 Å². The Hall–Kier alpha value is -1.58. The quantitative estimate of drug-likeness (QED) is 0.338. The van der Waals surface area contributed by atoms with E-state index in [1.165, 1.54) is 22.8 Å². The molecule has 2 saturated carbocycles. The number of nitrogens with zero attached hydrogens (tertiary/aromatic N) is 1. The Balaban J connectivity index is 0.000000204. The van der Waals surface area contributed by atoms with Crippen LogP contribution in [0.1, 0.15) is 58.4 Å². The summed E-state index contributed by atoms with van der Waals surface area (Å²) in [6.07, 6.45) is 6.84. The van der Waals surface area contributed by atoms with E-state index in [0.717, 1.165) is 36.9 Å². The molecule has 3 nitrogen and oxygen atoms in total. The minimum atomic E-state index is -0.216. The number of aliphatic hydroxyl groups excluding tert-OH is 2. The van der Waals surface area contributed by atoms with Gasteiger partial charge in [0.2, 0.25) is 0 Å². The smallest absolute Gasteiger partial charge is 0.0595 e. The molecule has 0 saturated heterocycles. The summed E-state index contributed by atoms with van der Waals surface area (Å²) in [5.74, 6) is 0.831. The molecule has 0 amide bonds. The van der Waals surface area contributed by atoms with E-state index < -0.39 is 0 Å². The molecule has 2 aliphatic rings. The van der Waals surface area contributed by atoms with E-state index >= 15 is 0 Å². The van der Waals surface area contributed by atoms with E-state index in [0.29, 0.717) is 5.92 Å². The van der Waals surface area contributed by atoms with Crippen LogP contribution >= 0.6 is 0 Å². The van der Waals surface area contributed by atoms with E-state index in [4.69, 9.17) is 0 Å². The van der Waals surface area contributed by atoms with Crippen LogP contribution in [-0.4, -0.2) is 27.4 Å². The van der Waals surface area contributed by atoms with Crippen LogP contribution < -0.4 is 0 Å². The molecule has 1 heterocycles. The molecule has 0 bridgehead atoms. The van der Waals surface area contributed by atoms with Gasteiger partial charge in [-0.2, -0.15) is 0 Å². The van der Waals surface area contributed by atoms with E-state index in [1.54, 1.807) is 0 Å². The second-order valence-electron chi connectivity index (χ2n) is 10.1. The van der Waals surface area contributed by atoms with Crippen molar-refractivity contribution in [3.63, 3.8) is 0 Å². The average molecular weight is 609 g/mol. The monoisotopic (exact) mass is 609 g/mol. The summed E-state index contributed by atoms with van der Waals surface area (Å²) in [6.45, 7) is 6.69. The molecule has 0 aliphatic heterocycles. The van der Waals surface area contributed by atoms with Gasteiger partial charge in [-0.25, -0.2) is 0 Å². The molecule has 2 aliphatic carbocycles. The number of fused-ring (bicyclic) bond motifs is 2. The zero-order valence-electron chi connectivity index (χ0n) is 19.2. The standard InChI is InChI=1S/C19H18N.C9H16O2.Ir/c1-19(2,3)17-10-9-15-12-18(20-13-16(15)11-17)14-7-5-4-6-8-14;10-7-3-1-2-6-4-5-8(11)9(6)7;/h4-7,9-13H,1-3H3;6-11H,1-5H2;/q-1;;. The van der Waals surface area contributed by atoms with Crippen molar-refractivity contribution < 1.29 is 30.3 Å². The van der Waals surface area contributed by atoms with Gasteiger partial charge in [-0.05, 0) is 65.1 Å². The van der Waals surface area contributed by atoms with E-state index in [2.05, 4.69) is 56.1 Å². The third-order valence-electron chi connectivity index (χ3n) is 6.91. The van der Waals surface area contributed by atoms with Crippen molar-refractivity contribution in [1.82, 2.24) is 4.98 Å². The van der Waals surface area contributed by atoms with Crippen LogP contribution in [0, 0.1) is 17.9 Å². The first kappa shape index (κ1) is 25.0. The van der Waals surface area contributed by atoms with Gasteiger partial charge in [-0.1, -0.05) is 45.4 Å². The Morgan fingerprint density at radius 1 is 0.906 bits per heavy atom. The van der Waals surface area contributed by atoms with Gasteiger partial charge >= 0.3 is 0 Å². The fraction of sp³-hybridized carbons (Fsp3) is 0.464. The molecule has 1 aromatic heterocycles. The normalized spacial score (nSPS) is 24.8. The Morgan fingerprint density at radius 3 is 2.38 bits per heavy atom. The van der Waals surface area contributed by atoms with Crippen molar-refractivity contribution in [1.29, 1.82) is 0 Å². The number of pyridine rings is 1. The predicted molar refractivity (Wildman–Crippen MR) is 127 cm³/mol. The van der Waals surface area contributed by atoms with Crippen LogP contribution in [0.25, 0.3) is 22.0 Å². The van der Waals surface area contributed by atoms with E-state index in [-0.39, 0.29) is 43.6 Å². The molecule has 4 heteroatoms. The second kappa shape index (κ2) is 10.6. The van der Waals surface area contributed by atoms with Crippen LogP contribution in [0.2, 0.25) is 0 Å². The van der Waals surface area contributed by atoms with E-state index in [1.807, 2.05) is 30.5 Å². The number of aliphatic hydroxyl groups is 2. The zero-order valence-corrected chi connectivity index (χ0v) is 21.6.